The Morgan fingerprint density at radius 2 is 1.75 bits per heavy atom. The Labute approximate surface area is 162 Å². The molecule has 0 saturated carbocycles. The predicted molar refractivity (Wildman–Crippen MR) is 99.0 cm³/mol. The van der Waals surface area contributed by atoms with Gasteiger partial charge in [0.2, 0.25) is 11.8 Å². The number of nitrogens with one attached hydrogen (secondary N) is 1. The minimum Gasteiger partial charge on any atom is -0.467 e. The Kier molecular flexibility index (Phi) is 6.64. The summed E-state index contributed by atoms with van der Waals surface area (Å²) in [7, 11) is 0. The van der Waals surface area contributed by atoms with Gasteiger partial charge in [0.1, 0.15) is 0 Å². The zero-order chi connectivity index (χ0) is 20.9. The molecule has 1 aromatic carbocycles. The molecule has 1 N–H and O–H groups in total. The first-order valence-electron chi connectivity index (χ1n) is 8.84. The number of alkyl halides is 3. The first-order valence-corrected chi connectivity index (χ1v) is 8.84. The molecule has 152 valence electrons. The maximum Gasteiger partial charge on any atom is 0.422 e. The van der Waals surface area contributed by atoms with Crippen LogP contribution in [0.25, 0.3) is 0 Å². The van der Waals surface area contributed by atoms with E-state index in [1.165, 1.54) is 11.8 Å². The summed E-state index contributed by atoms with van der Waals surface area (Å²) in [5.41, 5.74) is 2.55. The molecule has 0 spiro atoms. The number of rotatable bonds is 6. The number of ether oxygens (including phenoxy) is 1. The number of aromatic nitrogens is 2. The third kappa shape index (κ3) is 6.83. The second-order valence-electron chi connectivity index (χ2n) is 7.60. The molecule has 0 aliphatic carbocycles. The van der Waals surface area contributed by atoms with Crippen LogP contribution in [0.3, 0.4) is 0 Å². The molecule has 0 bridgehead atoms. The quantitative estimate of drug-likeness (QED) is 0.799. The minimum atomic E-state index is -4.44. The molecule has 0 aliphatic heterocycles. The maximum atomic E-state index is 12.2. The monoisotopic (exact) mass is 395 g/mol. The summed E-state index contributed by atoms with van der Waals surface area (Å²) in [6.45, 7) is 6.66. The van der Waals surface area contributed by atoms with Gasteiger partial charge in [0.15, 0.2) is 6.61 Å². The molecule has 1 atom stereocenters. The van der Waals surface area contributed by atoms with Crippen molar-refractivity contribution in [1.29, 1.82) is 0 Å². The normalized spacial score (nSPS) is 13.1. The van der Waals surface area contributed by atoms with Crippen molar-refractivity contribution >= 4 is 5.91 Å². The Morgan fingerprint density at radius 1 is 1.11 bits per heavy atom. The summed E-state index contributed by atoms with van der Waals surface area (Å²) >= 11 is 0. The molecule has 2 aromatic rings. The van der Waals surface area contributed by atoms with Crippen molar-refractivity contribution in [2.75, 3.05) is 6.61 Å². The minimum absolute atomic E-state index is 0.0456. The van der Waals surface area contributed by atoms with Gasteiger partial charge in [-0.25, -0.2) is 4.98 Å². The van der Waals surface area contributed by atoms with E-state index in [2.05, 4.69) is 40.8 Å². The first-order chi connectivity index (χ1) is 12.9. The van der Waals surface area contributed by atoms with Gasteiger partial charge in [-0.1, -0.05) is 45.0 Å². The van der Waals surface area contributed by atoms with Crippen LogP contribution < -0.4 is 10.1 Å². The number of hydrogen-bond donors (Lipinski definition) is 1. The lowest BCUT2D eigenvalue weighted by Gasteiger charge is -2.19. The van der Waals surface area contributed by atoms with Crippen molar-refractivity contribution < 1.29 is 22.7 Å². The predicted octanol–water partition coefficient (Wildman–Crippen LogP) is 4.14. The molecular formula is C20H24F3N3O2. The lowest BCUT2D eigenvalue weighted by Crippen LogP contribution is -2.28. The molecule has 28 heavy (non-hydrogen) atoms. The molecule has 1 amide bonds. The second kappa shape index (κ2) is 8.58. The Bertz CT molecular complexity index is 782. The molecular weight excluding hydrogens is 371 g/mol. The molecule has 0 fully saturated rings. The molecule has 0 aliphatic rings. The van der Waals surface area contributed by atoms with E-state index in [4.69, 9.17) is 0 Å². The molecule has 2 rings (SSSR count). The van der Waals surface area contributed by atoms with Crippen LogP contribution in [0.1, 0.15) is 50.6 Å². The third-order valence-electron chi connectivity index (χ3n) is 4.04. The van der Waals surface area contributed by atoms with E-state index in [0.717, 1.165) is 11.8 Å². The number of hydrogen-bond acceptors (Lipinski definition) is 4. The summed E-state index contributed by atoms with van der Waals surface area (Å²) in [6.07, 6.45) is -1.83. The third-order valence-corrected chi connectivity index (χ3v) is 4.04. The second-order valence-corrected chi connectivity index (χ2v) is 7.60. The lowest BCUT2D eigenvalue weighted by molar-refractivity contribution is -0.154. The number of benzene rings is 1. The fraction of sp³-hybridized carbons (Fsp3) is 0.450. The number of carbonyl (C=O) groups excluding carboxylic acids is 1. The standard InChI is InChI=1S/C20H24F3N3O2/c1-13(16-10-25-18(11-24-16)28-12-20(21,22)23)26-17(27)9-14-5-7-15(8-6-14)19(2,3)4/h5-8,10-11,13H,9,12H2,1-4H3,(H,26,27)/t13-/m1/s1. The van der Waals surface area contributed by atoms with Gasteiger partial charge < -0.3 is 10.1 Å². The largest absolute Gasteiger partial charge is 0.467 e. The number of nitrogens with zero attached hydrogens (tertiary/aromatic N) is 2. The summed E-state index contributed by atoms with van der Waals surface area (Å²) in [6, 6.07) is 7.44. The number of amides is 1. The van der Waals surface area contributed by atoms with Gasteiger partial charge in [-0.2, -0.15) is 13.2 Å². The molecule has 1 heterocycles. The highest BCUT2D eigenvalue weighted by Crippen LogP contribution is 2.22. The van der Waals surface area contributed by atoms with Crippen molar-refractivity contribution in [3.63, 3.8) is 0 Å². The van der Waals surface area contributed by atoms with Gasteiger partial charge in [-0.05, 0) is 23.5 Å². The van der Waals surface area contributed by atoms with Gasteiger partial charge in [-0.15, -0.1) is 0 Å². The van der Waals surface area contributed by atoms with E-state index >= 15 is 0 Å². The number of halogens is 3. The van der Waals surface area contributed by atoms with E-state index in [0.29, 0.717) is 5.69 Å². The van der Waals surface area contributed by atoms with Crippen LogP contribution in [-0.4, -0.2) is 28.7 Å². The summed E-state index contributed by atoms with van der Waals surface area (Å²) < 4.78 is 40.9. The van der Waals surface area contributed by atoms with Crippen molar-refractivity contribution in [3.8, 4) is 5.88 Å². The van der Waals surface area contributed by atoms with E-state index < -0.39 is 18.8 Å². The Balaban J connectivity index is 1.89. The summed E-state index contributed by atoms with van der Waals surface area (Å²) in [4.78, 5) is 20.0. The summed E-state index contributed by atoms with van der Waals surface area (Å²) in [5.74, 6) is -0.409. The average Bonchev–Trinajstić information content (AvgIpc) is 2.59. The molecule has 5 nitrogen and oxygen atoms in total. The fourth-order valence-corrected chi connectivity index (χ4v) is 2.45. The van der Waals surface area contributed by atoms with Crippen LogP contribution in [0.5, 0.6) is 5.88 Å². The molecule has 0 radical (unpaired) electrons. The van der Waals surface area contributed by atoms with Crippen molar-refractivity contribution in [2.24, 2.45) is 0 Å². The van der Waals surface area contributed by atoms with E-state index in [-0.39, 0.29) is 23.6 Å². The fourth-order valence-electron chi connectivity index (χ4n) is 2.45. The van der Waals surface area contributed by atoms with E-state index in [9.17, 15) is 18.0 Å². The Hall–Kier alpha value is -2.64. The molecule has 1 aromatic heterocycles. The van der Waals surface area contributed by atoms with E-state index in [1.807, 2.05) is 24.3 Å². The van der Waals surface area contributed by atoms with Gasteiger partial charge >= 0.3 is 6.18 Å². The van der Waals surface area contributed by atoms with Crippen LogP contribution in [0, 0.1) is 0 Å². The van der Waals surface area contributed by atoms with Crippen LogP contribution in [-0.2, 0) is 16.6 Å². The topological polar surface area (TPSA) is 64.1 Å². The van der Waals surface area contributed by atoms with Gasteiger partial charge in [-0.3, -0.25) is 9.78 Å². The zero-order valence-corrected chi connectivity index (χ0v) is 16.3. The maximum absolute atomic E-state index is 12.2. The molecule has 8 heteroatoms. The van der Waals surface area contributed by atoms with E-state index in [1.54, 1.807) is 6.92 Å². The van der Waals surface area contributed by atoms with Crippen molar-refractivity contribution in [2.45, 2.75) is 51.7 Å². The van der Waals surface area contributed by atoms with Crippen molar-refractivity contribution in [1.82, 2.24) is 15.3 Å². The highest BCUT2D eigenvalue weighted by atomic mass is 19.4. The van der Waals surface area contributed by atoms with Crippen LogP contribution in [0.4, 0.5) is 13.2 Å². The van der Waals surface area contributed by atoms with Crippen LogP contribution in [0.15, 0.2) is 36.7 Å². The van der Waals surface area contributed by atoms with Gasteiger partial charge in [0.25, 0.3) is 0 Å². The summed E-state index contributed by atoms with van der Waals surface area (Å²) in [5, 5.41) is 2.80. The lowest BCUT2D eigenvalue weighted by atomic mass is 9.86. The highest BCUT2D eigenvalue weighted by molar-refractivity contribution is 5.78. The van der Waals surface area contributed by atoms with Gasteiger partial charge in [0.05, 0.1) is 30.6 Å². The Morgan fingerprint density at radius 3 is 2.25 bits per heavy atom. The SMILES string of the molecule is C[C@@H](NC(=O)Cc1ccc(C(C)(C)C)cc1)c1cnc(OCC(F)(F)F)cn1. The van der Waals surface area contributed by atoms with Gasteiger partial charge in [0, 0.05) is 0 Å². The first kappa shape index (κ1) is 21.7. The zero-order valence-electron chi connectivity index (χ0n) is 16.3. The van der Waals surface area contributed by atoms with Crippen molar-refractivity contribution in [3.05, 3.63) is 53.5 Å². The average molecular weight is 395 g/mol. The molecule has 0 unspecified atom stereocenters. The van der Waals surface area contributed by atoms with Crippen LogP contribution in [0.2, 0.25) is 0 Å². The smallest absolute Gasteiger partial charge is 0.422 e. The van der Waals surface area contributed by atoms with Crippen LogP contribution >= 0.6 is 0 Å². The highest BCUT2D eigenvalue weighted by Gasteiger charge is 2.28. The molecule has 0 saturated heterocycles. The number of carbonyl (C=O) groups is 1.